The standard InChI is InChI=1S/C9H11F3N4O/c10-9(11,12)4-16-6-1-2-14-3-5(6)7(15-16)8(13)17/h14H,1-4H2,(H2,13,17). The van der Waals surface area contributed by atoms with Crippen LogP contribution in [0, 0.1) is 0 Å². The van der Waals surface area contributed by atoms with Gasteiger partial charge in [0.25, 0.3) is 5.91 Å². The maximum atomic E-state index is 12.3. The summed E-state index contributed by atoms with van der Waals surface area (Å²) in [5.74, 6) is -0.800. The fourth-order valence-electron chi connectivity index (χ4n) is 1.92. The number of primary amides is 1. The van der Waals surface area contributed by atoms with Crippen LogP contribution >= 0.6 is 0 Å². The van der Waals surface area contributed by atoms with Crippen LogP contribution in [0.15, 0.2) is 0 Å². The minimum atomic E-state index is -4.36. The van der Waals surface area contributed by atoms with Crippen LogP contribution in [-0.2, 0) is 19.5 Å². The van der Waals surface area contributed by atoms with E-state index in [2.05, 4.69) is 10.4 Å². The maximum absolute atomic E-state index is 12.3. The van der Waals surface area contributed by atoms with Crippen LogP contribution in [0.3, 0.4) is 0 Å². The highest BCUT2D eigenvalue weighted by molar-refractivity contribution is 5.92. The molecule has 0 saturated heterocycles. The van der Waals surface area contributed by atoms with Crippen molar-refractivity contribution in [3.63, 3.8) is 0 Å². The molecule has 17 heavy (non-hydrogen) atoms. The zero-order chi connectivity index (χ0) is 12.6. The molecule has 0 spiro atoms. The molecule has 0 fully saturated rings. The summed E-state index contributed by atoms with van der Waals surface area (Å²) in [6, 6.07) is 0. The Bertz CT molecular complexity index is 452. The molecule has 0 unspecified atom stereocenters. The number of fused-ring (bicyclic) bond motifs is 1. The van der Waals surface area contributed by atoms with Gasteiger partial charge in [0.2, 0.25) is 0 Å². The van der Waals surface area contributed by atoms with E-state index >= 15 is 0 Å². The van der Waals surface area contributed by atoms with E-state index in [0.717, 1.165) is 4.68 Å². The van der Waals surface area contributed by atoms with Gasteiger partial charge in [-0.1, -0.05) is 0 Å². The highest BCUT2D eigenvalue weighted by atomic mass is 19.4. The van der Waals surface area contributed by atoms with Gasteiger partial charge >= 0.3 is 6.18 Å². The first-order chi connectivity index (χ1) is 7.88. The smallest absolute Gasteiger partial charge is 0.364 e. The summed E-state index contributed by atoms with van der Waals surface area (Å²) in [6.45, 7) is -0.303. The molecule has 0 radical (unpaired) electrons. The first kappa shape index (κ1) is 11.9. The van der Waals surface area contributed by atoms with Crippen molar-refractivity contribution in [1.82, 2.24) is 15.1 Å². The molecule has 0 bridgehead atoms. The average molecular weight is 248 g/mol. The van der Waals surface area contributed by atoms with Gasteiger partial charge in [0.1, 0.15) is 6.54 Å². The summed E-state index contributed by atoms with van der Waals surface area (Å²) in [4.78, 5) is 11.1. The normalized spacial score (nSPS) is 15.7. The quantitative estimate of drug-likeness (QED) is 0.784. The Morgan fingerprint density at radius 1 is 1.53 bits per heavy atom. The zero-order valence-corrected chi connectivity index (χ0v) is 8.84. The molecule has 1 aromatic heterocycles. The number of rotatable bonds is 2. The second-order valence-corrected chi connectivity index (χ2v) is 3.84. The third-order valence-corrected chi connectivity index (χ3v) is 2.57. The predicted molar refractivity (Wildman–Crippen MR) is 52.2 cm³/mol. The monoisotopic (exact) mass is 248 g/mol. The molecule has 94 valence electrons. The van der Waals surface area contributed by atoms with Gasteiger partial charge in [0.15, 0.2) is 5.69 Å². The van der Waals surface area contributed by atoms with Gasteiger partial charge in [0, 0.05) is 30.8 Å². The lowest BCUT2D eigenvalue weighted by Crippen LogP contribution is -2.27. The van der Waals surface area contributed by atoms with Gasteiger partial charge in [-0.05, 0) is 0 Å². The Balaban J connectivity index is 2.42. The Labute approximate surface area is 94.8 Å². The number of nitrogens with zero attached hydrogens (tertiary/aromatic N) is 2. The maximum Gasteiger partial charge on any atom is 0.408 e. The number of nitrogens with one attached hydrogen (secondary N) is 1. The van der Waals surface area contributed by atoms with Crippen LogP contribution in [0.2, 0.25) is 0 Å². The van der Waals surface area contributed by atoms with Crippen LogP contribution in [0.25, 0.3) is 0 Å². The van der Waals surface area contributed by atoms with E-state index in [1.165, 1.54) is 0 Å². The molecule has 1 aliphatic heterocycles. The van der Waals surface area contributed by atoms with Gasteiger partial charge in [-0.3, -0.25) is 9.48 Å². The van der Waals surface area contributed by atoms with Crippen molar-refractivity contribution >= 4 is 5.91 Å². The van der Waals surface area contributed by atoms with Gasteiger partial charge in [-0.25, -0.2) is 0 Å². The van der Waals surface area contributed by atoms with E-state index < -0.39 is 18.6 Å². The number of carbonyl (C=O) groups is 1. The minimum absolute atomic E-state index is 0.0727. The fourth-order valence-corrected chi connectivity index (χ4v) is 1.92. The van der Waals surface area contributed by atoms with Gasteiger partial charge in [-0.2, -0.15) is 18.3 Å². The van der Waals surface area contributed by atoms with Crippen molar-refractivity contribution < 1.29 is 18.0 Å². The van der Waals surface area contributed by atoms with Crippen LogP contribution in [-0.4, -0.2) is 28.4 Å². The highest BCUT2D eigenvalue weighted by Crippen LogP contribution is 2.23. The second kappa shape index (κ2) is 4.02. The molecule has 0 atom stereocenters. The number of hydrogen-bond donors (Lipinski definition) is 2. The lowest BCUT2D eigenvalue weighted by Gasteiger charge is -2.16. The van der Waals surface area contributed by atoms with Crippen molar-refractivity contribution in [3.05, 3.63) is 17.0 Å². The third kappa shape index (κ3) is 2.41. The fraction of sp³-hybridized carbons (Fsp3) is 0.556. The lowest BCUT2D eigenvalue weighted by atomic mass is 10.1. The molecule has 0 saturated carbocycles. The Morgan fingerprint density at radius 2 is 2.24 bits per heavy atom. The summed E-state index contributed by atoms with van der Waals surface area (Å²) < 4.78 is 37.8. The van der Waals surface area contributed by atoms with E-state index in [0.29, 0.717) is 30.8 Å². The SMILES string of the molecule is NC(=O)c1nn(CC(F)(F)F)c2c1CNCC2. The molecular weight excluding hydrogens is 237 g/mol. The van der Waals surface area contributed by atoms with Gasteiger partial charge in [0.05, 0.1) is 0 Å². The van der Waals surface area contributed by atoms with E-state index in [9.17, 15) is 18.0 Å². The molecule has 8 heteroatoms. The molecule has 0 aliphatic carbocycles. The van der Waals surface area contributed by atoms with Crippen molar-refractivity contribution in [2.45, 2.75) is 25.7 Å². The number of halogens is 3. The van der Waals surface area contributed by atoms with Crippen LogP contribution in [0.5, 0.6) is 0 Å². The van der Waals surface area contributed by atoms with Gasteiger partial charge < -0.3 is 11.1 Å². The Kier molecular flexibility index (Phi) is 2.82. The van der Waals surface area contributed by atoms with E-state index in [1.807, 2.05) is 0 Å². The largest absolute Gasteiger partial charge is 0.408 e. The number of nitrogens with two attached hydrogens (primary N) is 1. The van der Waals surface area contributed by atoms with Gasteiger partial charge in [-0.15, -0.1) is 0 Å². The first-order valence-corrected chi connectivity index (χ1v) is 5.04. The minimum Gasteiger partial charge on any atom is -0.364 e. The van der Waals surface area contributed by atoms with Crippen molar-refractivity contribution in [1.29, 1.82) is 0 Å². The van der Waals surface area contributed by atoms with Crippen LogP contribution in [0.4, 0.5) is 13.2 Å². The van der Waals surface area contributed by atoms with Crippen molar-refractivity contribution in [3.8, 4) is 0 Å². The first-order valence-electron chi connectivity index (χ1n) is 5.04. The molecule has 1 aliphatic rings. The Hall–Kier alpha value is -1.57. The van der Waals surface area contributed by atoms with E-state index in [1.54, 1.807) is 0 Å². The van der Waals surface area contributed by atoms with Crippen molar-refractivity contribution in [2.75, 3.05) is 6.54 Å². The molecule has 2 heterocycles. The third-order valence-electron chi connectivity index (χ3n) is 2.57. The average Bonchev–Trinajstić information content (AvgIpc) is 2.55. The van der Waals surface area contributed by atoms with Crippen LogP contribution in [0.1, 0.15) is 21.7 Å². The molecule has 5 nitrogen and oxygen atoms in total. The molecule has 0 aromatic carbocycles. The summed E-state index contributed by atoms with van der Waals surface area (Å²) in [6.07, 6.45) is -3.95. The van der Waals surface area contributed by atoms with Crippen LogP contribution < -0.4 is 11.1 Å². The summed E-state index contributed by atoms with van der Waals surface area (Å²) in [7, 11) is 0. The second-order valence-electron chi connectivity index (χ2n) is 3.84. The van der Waals surface area contributed by atoms with E-state index in [-0.39, 0.29) is 5.69 Å². The number of aromatic nitrogens is 2. The molecule has 3 N–H and O–H groups in total. The molecule has 2 rings (SSSR count). The predicted octanol–water partition coefficient (Wildman–Crippen LogP) is 0.190. The number of amides is 1. The molecule has 1 amide bonds. The lowest BCUT2D eigenvalue weighted by molar-refractivity contribution is -0.143. The number of hydrogen-bond acceptors (Lipinski definition) is 3. The zero-order valence-electron chi connectivity index (χ0n) is 8.84. The van der Waals surface area contributed by atoms with Crippen molar-refractivity contribution in [2.24, 2.45) is 5.73 Å². The number of carbonyl (C=O) groups excluding carboxylic acids is 1. The van der Waals surface area contributed by atoms with E-state index in [4.69, 9.17) is 5.73 Å². The molecular formula is C9H11F3N4O. The summed E-state index contributed by atoms with van der Waals surface area (Å²) >= 11 is 0. The highest BCUT2D eigenvalue weighted by Gasteiger charge is 2.32. The molecule has 1 aromatic rings. The number of alkyl halides is 3. The summed E-state index contributed by atoms with van der Waals surface area (Å²) in [5, 5.41) is 6.63. The Morgan fingerprint density at radius 3 is 2.82 bits per heavy atom. The summed E-state index contributed by atoms with van der Waals surface area (Å²) in [5.41, 5.74) is 5.94. The topological polar surface area (TPSA) is 72.9 Å².